The molecule has 0 saturated heterocycles. The van der Waals surface area contributed by atoms with Crippen molar-refractivity contribution >= 4 is 29.4 Å². The van der Waals surface area contributed by atoms with Gasteiger partial charge in [-0.25, -0.2) is 5.43 Å². The third kappa shape index (κ3) is 6.28. The average molecular weight is 444 g/mol. The van der Waals surface area contributed by atoms with Crippen molar-refractivity contribution < 1.29 is 19.2 Å². The van der Waals surface area contributed by atoms with Crippen LogP contribution in [0.1, 0.15) is 11.1 Å². The van der Waals surface area contributed by atoms with Crippen LogP contribution in [0.3, 0.4) is 0 Å². The Bertz CT molecular complexity index is 1100. The molecule has 0 radical (unpaired) electrons. The predicted molar refractivity (Wildman–Crippen MR) is 113 cm³/mol. The molecule has 1 N–H and O–H groups in total. The maximum atomic E-state index is 11.9. The molecule has 3 aromatic rings. The maximum Gasteiger partial charge on any atom is 0.307 e. The number of benzene rings is 2. The van der Waals surface area contributed by atoms with E-state index < -0.39 is 10.8 Å². The van der Waals surface area contributed by atoms with Crippen LogP contribution in [-0.4, -0.2) is 33.9 Å². The van der Waals surface area contributed by atoms with E-state index in [1.54, 1.807) is 30.3 Å². The number of amides is 1. The molecular formula is C20H18ClN5O5. The maximum absolute atomic E-state index is 11.9. The molecule has 1 heterocycles. The van der Waals surface area contributed by atoms with Gasteiger partial charge in [0.1, 0.15) is 25.5 Å². The number of aromatic nitrogens is 2. The predicted octanol–water partition coefficient (Wildman–Crippen LogP) is 3.18. The summed E-state index contributed by atoms with van der Waals surface area (Å²) in [4.78, 5) is 21.9. The zero-order valence-electron chi connectivity index (χ0n) is 16.4. The van der Waals surface area contributed by atoms with E-state index in [0.717, 1.165) is 22.6 Å². The Labute approximate surface area is 182 Å². The largest absolute Gasteiger partial charge is 0.493 e. The normalized spacial score (nSPS) is 10.8. The lowest BCUT2D eigenvalue weighted by Crippen LogP contribution is -2.23. The van der Waals surface area contributed by atoms with Gasteiger partial charge in [0, 0.05) is 5.02 Å². The van der Waals surface area contributed by atoms with Crippen molar-refractivity contribution in [1.82, 2.24) is 15.2 Å². The molecule has 0 spiro atoms. The van der Waals surface area contributed by atoms with E-state index >= 15 is 0 Å². The van der Waals surface area contributed by atoms with Crippen LogP contribution in [0.4, 0.5) is 5.69 Å². The minimum Gasteiger partial charge on any atom is -0.493 e. The van der Waals surface area contributed by atoms with E-state index in [2.05, 4.69) is 15.6 Å². The van der Waals surface area contributed by atoms with Gasteiger partial charge in [0.2, 0.25) is 0 Å². The molecular weight excluding hydrogens is 426 g/mol. The number of hydrazone groups is 1. The van der Waals surface area contributed by atoms with E-state index in [-0.39, 0.29) is 12.2 Å². The third-order valence-electron chi connectivity index (χ3n) is 4.03. The zero-order valence-corrected chi connectivity index (χ0v) is 17.2. The molecule has 10 nitrogen and oxygen atoms in total. The number of nitrogens with one attached hydrogen (secondary N) is 1. The SMILES string of the molecule is COc1cc(/C=N/NC(=O)Cn2cc([N+](=O)[O-])cn2)ccc1OCc1ccc(Cl)cc1. The summed E-state index contributed by atoms with van der Waals surface area (Å²) in [6.45, 7) is 0.147. The first-order chi connectivity index (χ1) is 14.9. The molecule has 31 heavy (non-hydrogen) atoms. The molecule has 0 aliphatic heterocycles. The fourth-order valence-electron chi connectivity index (χ4n) is 2.52. The first-order valence-electron chi connectivity index (χ1n) is 8.98. The molecule has 0 aliphatic carbocycles. The number of ether oxygens (including phenoxy) is 2. The first kappa shape index (κ1) is 21.8. The second-order valence-electron chi connectivity index (χ2n) is 6.27. The summed E-state index contributed by atoms with van der Waals surface area (Å²) in [6.07, 6.45) is 3.67. The van der Waals surface area contributed by atoms with Gasteiger partial charge in [-0.2, -0.15) is 10.2 Å². The fourth-order valence-corrected chi connectivity index (χ4v) is 2.65. The average Bonchev–Trinajstić information content (AvgIpc) is 3.22. The topological polar surface area (TPSA) is 121 Å². The number of carbonyl (C=O) groups excluding carboxylic acids is 1. The van der Waals surface area contributed by atoms with Crippen molar-refractivity contribution in [2.24, 2.45) is 5.10 Å². The van der Waals surface area contributed by atoms with Gasteiger partial charge >= 0.3 is 5.69 Å². The molecule has 1 amide bonds. The Morgan fingerprint density at radius 2 is 2.06 bits per heavy atom. The van der Waals surface area contributed by atoms with Crippen molar-refractivity contribution in [3.05, 3.63) is 81.1 Å². The number of methoxy groups -OCH3 is 1. The standard InChI is InChI=1S/C20H18ClN5O5/c1-30-19-8-15(4-7-18(19)31-13-14-2-5-16(21)6-3-14)9-22-24-20(27)12-25-11-17(10-23-25)26(28)29/h2-11H,12-13H2,1H3,(H,24,27)/b22-9+. The highest BCUT2D eigenvalue weighted by atomic mass is 35.5. The molecule has 0 fully saturated rings. The smallest absolute Gasteiger partial charge is 0.307 e. The van der Waals surface area contributed by atoms with Crippen LogP contribution in [0.25, 0.3) is 0 Å². The van der Waals surface area contributed by atoms with Gasteiger partial charge in [0.25, 0.3) is 5.91 Å². The summed E-state index contributed by atoms with van der Waals surface area (Å²) in [5, 5.41) is 18.9. The summed E-state index contributed by atoms with van der Waals surface area (Å²) in [5.74, 6) is 0.580. The fraction of sp³-hybridized carbons (Fsp3) is 0.150. The summed E-state index contributed by atoms with van der Waals surface area (Å²) in [6, 6.07) is 12.5. The van der Waals surface area contributed by atoms with Gasteiger partial charge in [0.15, 0.2) is 11.5 Å². The number of carbonyl (C=O) groups is 1. The Balaban J connectivity index is 1.55. The molecule has 3 rings (SSSR count). The second-order valence-corrected chi connectivity index (χ2v) is 6.71. The van der Waals surface area contributed by atoms with Crippen molar-refractivity contribution in [2.45, 2.75) is 13.2 Å². The van der Waals surface area contributed by atoms with E-state index in [9.17, 15) is 14.9 Å². The number of hydrogen-bond acceptors (Lipinski definition) is 7. The van der Waals surface area contributed by atoms with Crippen LogP contribution >= 0.6 is 11.6 Å². The molecule has 11 heteroatoms. The molecule has 0 saturated carbocycles. The lowest BCUT2D eigenvalue weighted by Gasteiger charge is -2.11. The van der Waals surface area contributed by atoms with Gasteiger partial charge in [-0.05, 0) is 41.5 Å². The lowest BCUT2D eigenvalue weighted by molar-refractivity contribution is -0.385. The van der Waals surface area contributed by atoms with E-state index in [1.165, 1.54) is 13.3 Å². The van der Waals surface area contributed by atoms with E-state index in [1.807, 2.05) is 12.1 Å². The number of nitro groups is 1. The Morgan fingerprint density at radius 3 is 2.74 bits per heavy atom. The van der Waals surface area contributed by atoms with Gasteiger partial charge in [-0.3, -0.25) is 19.6 Å². The zero-order chi connectivity index (χ0) is 22.2. The Morgan fingerprint density at radius 1 is 1.29 bits per heavy atom. The minimum atomic E-state index is -0.588. The van der Waals surface area contributed by atoms with Gasteiger partial charge < -0.3 is 9.47 Å². The monoisotopic (exact) mass is 443 g/mol. The van der Waals surface area contributed by atoms with E-state index in [4.69, 9.17) is 21.1 Å². The van der Waals surface area contributed by atoms with Gasteiger partial charge in [-0.15, -0.1) is 0 Å². The first-order valence-corrected chi connectivity index (χ1v) is 9.36. The summed E-state index contributed by atoms with van der Waals surface area (Å²) in [5.41, 5.74) is 3.78. The van der Waals surface area contributed by atoms with Crippen molar-refractivity contribution in [2.75, 3.05) is 7.11 Å². The lowest BCUT2D eigenvalue weighted by atomic mass is 10.2. The Kier molecular flexibility index (Phi) is 7.17. The quantitative estimate of drug-likeness (QED) is 0.308. The van der Waals surface area contributed by atoms with Crippen LogP contribution < -0.4 is 14.9 Å². The molecule has 1 aromatic heterocycles. The van der Waals surface area contributed by atoms with Gasteiger partial charge in [0.05, 0.1) is 18.2 Å². The molecule has 0 unspecified atom stereocenters. The number of hydrogen-bond donors (Lipinski definition) is 1. The van der Waals surface area contributed by atoms with Crippen LogP contribution in [-0.2, 0) is 17.9 Å². The summed E-state index contributed by atoms with van der Waals surface area (Å²) < 4.78 is 12.3. The molecule has 0 bridgehead atoms. The number of rotatable bonds is 9. The summed E-state index contributed by atoms with van der Waals surface area (Å²) >= 11 is 5.88. The van der Waals surface area contributed by atoms with Crippen LogP contribution in [0.2, 0.25) is 5.02 Å². The summed E-state index contributed by atoms with van der Waals surface area (Å²) in [7, 11) is 1.52. The minimum absolute atomic E-state index is 0.193. The molecule has 2 aromatic carbocycles. The molecule has 0 aliphatic rings. The second kappa shape index (κ2) is 10.2. The highest BCUT2D eigenvalue weighted by Crippen LogP contribution is 2.28. The van der Waals surface area contributed by atoms with Gasteiger partial charge in [-0.1, -0.05) is 23.7 Å². The van der Waals surface area contributed by atoms with E-state index in [0.29, 0.717) is 28.7 Å². The number of nitrogens with zero attached hydrogens (tertiary/aromatic N) is 4. The van der Waals surface area contributed by atoms with Crippen molar-refractivity contribution in [3.8, 4) is 11.5 Å². The highest BCUT2D eigenvalue weighted by Gasteiger charge is 2.11. The third-order valence-corrected chi connectivity index (χ3v) is 4.29. The van der Waals surface area contributed by atoms with Crippen LogP contribution in [0, 0.1) is 10.1 Å². The van der Waals surface area contributed by atoms with Crippen LogP contribution in [0.5, 0.6) is 11.5 Å². The number of halogens is 1. The van der Waals surface area contributed by atoms with Crippen molar-refractivity contribution in [1.29, 1.82) is 0 Å². The van der Waals surface area contributed by atoms with Crippen LogP contribution in [0.15, 0.2) is 60.0 Å². The molecule has 160 valence electrons. The Hall–Kier alpha value is -3.92. The molecule has 0 atom stereocenters. The van der Waals surface area contributed by atoms with Crippen molar-refractivity contribution in [3.63, 3.8) is 0 Å². The highest BCUT2D eigenvalue weighted by molar-refractivity contribution is 6.30.